The summed E-state index contributed by atoms with van der Waals surface area (Å²) in [5, 5.41) is 0. The van der Waals surface area contributed by atoms with Gasteiger partial charge in [0, 0.05) is 31.1 Å². The number of rotatable bonds is 3. The van der Waals surface area contributed by atoms with Crippen molar-refractivity contribution in [2.75, 3.05) is 33.3 Å². The Bertz CT molecular complexity index is 907. The van der Waals surface area contributed by atoms with E-state index in [0.717, 1.165) is 24.1 Å². The Balaban J connectivity index is 1.44. The predicted molar refractivity (Wildman–Crippen MR) is 115 cm³/mol. The quantitative estimate of drug-likeness (QED) is 0.769. The normalized spacial score (nSPS) is 19.4. The predicted octanol–water partition coefficient (Wildman–Crippen LogP) is 3.87. The van der Waals surface area contributed by atoms with Crippen molar-refractivity contribution in [2.24, 2.45) is 5.92 Å². The lowest BCUT2D eigenvalue weighted by Crippen LogP contribution is -2.37. The molecule has 0 N–H and O–H groups in total. The lowest BCUT2D eigenvalue weighted by Gasteiger charge is -2.22. The standard InChI is InChI=1S/C23H28N2O3S/c1-16-8-9-20-17(14-16)15-21(29-20)23(27)25-11-5-10-24(12-13-25)22(26)18-6-3-4-7-19(18)28-2/h3-4,6-7,15-16H,5,8-14H2,1-2H3. The van der Waals surface area contributed by atoms with Gasteiger partial charge in [-0.05, 0) is 55.4 Å². The van der Waals surface area contributed by atoms with E-state index in [-0.39, 0.29) is 11.8 Å². The van der Waals surface area contributed by atoms with Gasteiger partial charge in [0.2, 0.25) is 0 Å². The third kappa shape index (κ3) is 4.17. The summed E-state index contributed by atoms with van der Waals surface area (Å²) in [6.45, 7) is 4.74. The number of carbonyl (C=O) groups is 2. The molecule has 2 heterocycles. The fourth-order valence-electron chi connectivity index (χ4n) is 4.28. The molecule has 1 fully saturated rings. The van der Waals surface area contributed by atoms with Crippen LogP contribution in [0.1, 0.15) is 50.2 Å². The van der Waals surface area contributed by atoms with Gasteiger partial charge in [0.15, 0.2) is 0 Å². The minimum atomic E-state index is -0.0303. The third-order valence-corrected chi connectivity index (χ3v) is 7.17. The van der Waals surface area contributed by atoms with Gasteiger partial charge in [0.25, 0.3) is 11.8 Å². The van der Waals surface area contributed by atoms with Crippen LogP contribution in [-0.2, 0) is 12.8 Å². The number of ether oxygens (including phenoxy) is 1. The van der Waals surface area contributed by atoms with Gasteiger partial charge in [0.1, 0.15) is 5.75 Å². The molecule has 0 saturated carbocycles. The van der Waals surface area contributed by atoms with E-state index in [9.17, 15) is 9.59 Å². The maximum Gasteiger partial charge on any atom is 0.263 e. The summed E-state index contributed by atoms with van der Waals surface area (Å²) in [4.78, 5) is 32.1. The highest BCUT2D eigenvalue weighted by molar-refractivity contribution is 7.14. The Morgan fingerprint density at radius 2 is 1.79 bits per heavy atom. The van der Waals surface area contributed by atoms with E-state index in [1.807, 2.05) is 21.9 Å². The summed E-state index contributed by atoms with van der Waals surface area (Å²) >= 11 is 1.67. The molecule has 5 nitrogen and oxygen atoms in total. The van der Waals surface area contributed by atoms with Crippen LogP contribution in [0.2, 0.25) is 0 Å². The number of nitrogens with zero attached hydrogens (tertiary/aromatic N) is 2. The van der Waals surface area contributed by atoms with Gasteiger partial charge in [-0.15, -0.1) is 11.3 Å². The summed E-state index contributed by atoms with van der Waals surface area (Å²) in [6.07, 6.45) is 4.18. The average Bonchev–Trinajstić information content (AvgIpc) is 3.00. The second-order valence-corrected chi connectivity index (χ2v) is 9.18. The number of aryl methyl sites for hydroxylation is 1. The molecule has 1 aliphatic carbocycles. The maximum absolute atomic E-state index is 13.1. The Labute approximate surface area is 176 Å². The fourth-order valence-corrected chi connectivity index (χ4v) is 5.46. The second-order valence-electron chi connectivity index (χ2n) is 8.05. The van der Waals surface area contributed by atoms with Crippen molar-refractivity contribution in [2.45, 2.75) is 32.6 Å². The van der Waals surface area contributed by atoms with E-state index in [1.54, 1.807) is 30.6 Å². The van der Waals surface area contributed by atoms with Gasteiger partial charge in [-0.3, -0.25) is 9.59 Å². The van der Waals surface area contributed by atoms with Crippen LogP contribution in [0.15, 0.2) is 30.3 Å². The number of carbonyl (C=O) groups excluding carboxylic acids is 2. The number of thiophene rings is 1. The first kappa shape index (κ1) is 20.0. The van der Waals surface area contributed by atoms with E-state index < -0.39 is 0 Å². The molecule has 1 saturated heterocycles. The molecule has 0 spiro atoms. The molecule has 1 aromatic heterocycles. The smallest absolute Gasteiger partial charge is 0.263 e. The van der Waals surface area contributed by atoms with Gasteiger partial charge >= 0.3 is 0 Å². The highest BCUT2D eigenvalue weighted by Gasteiger charge is 2.27. The van der Waals surface area contributed by atoms with Gasteiger partial charge in [-0.1, -0.05) is 19.1 Å². The Morgan fingerprint density at radius 3 is 2.55 bits per heavy atom. The van der Waals surface area contributed by atoms with Crippen LogP contribution < -0.4 is 4.74 Å². The first-order valence-electron chi connectivity index (χ1n) is 10.4. The van der Waals surface area contributed by atoms with Crippen LogP contribution in [-0.4, -0.2) is 54.9 Å². The van der Waals surface area contributed by atoms with Crippen LogP contribution in [0.3, 0.4) is 0 Å². The third-order valence-electron chi connectivity index (χ3n) is 5.95. The molecular formula is C23H28N2O3S. The zero-order valence-electron chi connectivity index (χ0n) is 17.1. The number of hydrogen-bond donors (Lipinski definition) is 0. The van der Waals surface area contributed by atoms with Crippen molar-refractivity contribution in [3.63, 3.8) is 0 Å². The molecule has 29 heavy (non-hydrogen) atoms. The second kappa shape index (κ2) is 8.57. The number of methoxy groups -OCH3 is 1. The summed E-state index contributed by atoms with van der Waals surface area (Å²) in [6, 6.07) is 9.43. The van der Waals surface area contributed by atoms with Crippen LogP contribution in [0, 0.1) is 5.92 Å². The van der Waals surface area contributed by atoms with Crippen LogP contribution in [0.4, 0.5) is 0 Å². The van der Waals surface area contributed by atoms with Gasteiger partial charge in [0.05, 0.1) is 17.6 Å². The molecule has 1 unspecified atom stereocenters. The van der Waals surface area contributed by atoms with Crippen molar-refractivity contribution < 1.29 is 14.3 Å². The Hall–Kier alpha value is -2.34. The molecule has 2 aliphatic rings. The highest BCUT2D eigenvalue weighted by Crippen LogP contribution is 2.33. The first-order valence-corrected chi connectivity index (χ1v) is 11.2. The lowest BCUT2D eigenvalue weighted by molar-refractivity contribution is 0.0719. The molecule has 2 amide bonds. The average molecular weight is 413 g/mol. The van der Waals surface area contributed by atoms with Crippen LogP contribution in [0.5, 0.6) is 5.75 Å². The molecule has 1 aromatic carbocycles. The molecule has 1 atom stereocenters. The van der Waals surface area contributed by atoms with Gasteiger partial charge in [-0.25, -0.2) is 0 Å². The van der Waals surface area contributed by atoms with Crippen molar-refractivity contribution in [3.8, 4) is 5.75 Å². The molecule has 1 aliphatic heterocycles. The van der Waals surface area contributed by atoms with Crippen molar-refractivity contribution >= 4 is 23.2 Å². The number of amides is 2. The number of para-hydroxylation sites is 1. The minimum Gasteiger partial charge on any atom is -0.496 e. The molecule has 4 rings (SSSR count). The van der Waals surface area contributed by atoms with Crippen molar-refractivity contribution in [1.29, 1.82) is 0 Å². The largest absolute Gasteiger partial charge is 0.496 e. The van der Waals surface area contributed by atoms with Crippen LogP contribution >= 0.6 is 11.3 Å². The Kier molecular flexibility index (Phi) is 5.90. The molecule has 0 radical (unpaired) electrons. The maximum atomic E-state index is 13.1. The van der Waals surface area contributed by atoms with Gasteiger partial charge in [-0.2, -0.15) is 0 Å². The molecular weight excluding hydrogens is 384 g/mol. The van der Waals surface area contributed by atoms with Gasteiger partial charge < -0.3 is 14.5 Å². The van der Waals surface area contributed by atoms with Crippen LogP contribution in [0.25, 0.3) is 0 Å². The van der Waals surface area contributed by atoms with E-state index in [1.165, 1.54) is 16.9 Å². The zero-order valence-corrected chi connectivity index (χ0v) is 18.0. The monoisotopic (exact) mass is 412 g/mol. The number of benzene rings is 1. The molecule has 154 valence electrons. The van der Waals surface area contributed by atoms with Crippen molar-refractivity contribution in [1.82, 2.24) is 9.80 Å². The molecule has 2 aromatic rings. The minimum absolute atomic E-state index is 0.0303. The van der Waals surface area contributed by atoms with E-state index >= 15 is 0 Å². The SMILES string of the molecule is COc1ccccc1C(=O)N1CCCN(C(=O)c2cc3c(s2)CCC(C)C3)CC1. The van der Waals surface area contributed by atoms with E-state index in [4.69, 9.17) is 4.74 Å². The number of fused-ring (bicyclic) bond motifs is 1. The lowest BCUT2D eigenvalue weighted by atomic mass is 9.90. The van der Waals surface area contributed by atoms with E-state index in [0.29, 0.717) is 43.4 Å². The highest BCUT2D eigenvalue weighted by atomic mass is 32.1. The topological polar surface area (TPSA) is 49.9 Å². The number of hydrogen-bond acceptors (Lipinski definition) is 4. The summed E-state index contributed by atoms with van der Waals surface area (Å²) in [5.74, 6) is 1.38. The zero-order chi connectivity index (χ0) is 20.4. The summed E-state index contributed by atoms with van der Waals surface area (Å²) < 4.78 is 5.34. The fraction of sp³-hybridized carbons (Fsp3) is 0.478. The Morgan fingerprint density at radius 1 is 1.07 bits per heavy atom. The molecule has 0 bridgehead atoms. The van der Waals surface area contributed by atoms with Crippen molar-refractivity contribution in [3.05, 3.63) is 51.2 Å². The molecule has 6 heteroatoms. The summed E-state index contributed by atoms with van der Waals surface area (Å²) in [5.41, 5.74) is 1.94. The summed E-state index contributed by atoms with van der Waals surface area (Å²) in [7, 11) is 1.58. The first-order chi connectivity index (χ1) is 14.1. The van der Waals surface area contributed by atoms with E-state index in [2.05, 4.69) is 13.0 Å².